The number of carbonyl (C=O) groups excluding carboxylic acids is 2. The van der Waals surface area contributed by atoms with Crippen molar-refractivity contribution in [2.45, 2.75) is 51.6 Å². The minimum Gasteiger partial charge on any atom is -0.355 e. The molecule has 7 nitrogen and oxygen atoms in total. The van der Waals surface area contributed by atoms with Gasteiger partial charge in [-0.25, -0.2) is 12.8 Å². The summed E-state index contributed by atoms with van der Waals surface area (Å²) in [5.41, 5.74) is 2.88. The zero-order valence-electron chi connectivity index (χ0n) is 22.1. The van der Waals surface area contributed by atoms with Crippen LogP contribution in [-0.2, 0) is 26.2 Å². The van der Waals surface area contributed by atoms with Gasteiger partial charge in [-0.05, 0) is 69.2 Å². The maximum Gasteiger partial charge on any atom is 0.264 e. The third-order valence-corrected chi connectivity index (χ3v) is 8.00. The Morgan fingerprint density at radius 2 is 1.42 bits per heavy atom. The van der Waals surface area contributed by atoms with Gasteiger partial charge in [-0.15, -0.1) is 0 Å². The van der Waals surface area contributed by atoms with Crippen molar-refractivity contribution in [1.82, 2.24) is 10.2 Å². The number of hydrogen-bond acceptors (Lipinski definition) is 4. The maximum absolute atomic E-state index is 13.9. The van der Waals surface area contributed by atoms with Crippen molar-refractivity contribution in [3.63, 3.8) is 0 Å². The first-order valence-electron chi connectivity index (χ1n) is 12.5. The van der Waals surface area contributed by atoms with Crippen molar-refractivity contribution in [3.8, 4) is 0 Å². The number of likely N-dealkylation sites (N-methyl/N-ethyl adjacent to an activating group) is 1. The Hall–Kier alpha value is -3.72. The fourth-order valence-electron chi connectivity index (χ4n) is 4.08. The second-order valence-corrected chi connectivity index (χ2v) is 11.0. The van der Waals surface area contributed by atoms with E-state index in [-0.39, 0.29) is 23.0 Å². The van der Waals surface area contributed by atoms with Crippen LogP contribution >= 0.6 is 0 Å². The minimum absolute atomic E-state index is 0.000997. The Morgan fingerprint density at radius 3 is 1.95 bits per heavy atom. The number of hydrogen-bond donors (Lipinski definition) is 1. The molecule has 1 atom stereocenters. The number of benzene rings is 3. The average molecular weight is 540 g/mol. The van der Waals surface area contributed by atoms with E-state index in [0.717, 1.165) is 33.1 Å². The van der Waals surface area contributed by atoms with Gasteiger partial charge in [0.05, 0.1) is 10.6 Å². The molecular formula is C29H34FN3O4S. The van der Waals surface area contributed by atoms with Gasteiger partial charge >= 0.3 is 0 Å². The highest BCUT2D eigenvalue weighted by atomic mass is 32.2. The molecule has 3 aromatic carbocycles. The van der Waals surface area contributed by atoms with E-state index in [1.54, 1.807) is 26.0 Å². The van der Waals surface area contributed by atoms with Crippen molar-refractivity contribution in [2.75, 3.05) is 17.4 Å². The van der Waals surface area contributed by atoms with Gasteiger partial charge in [0.15, 0.2) is 0 Å². The van der Waals surface area contributed by atoms with Crippen LogP contribution in [0, 0.1) is 19.7 Å². The molecule has 0 unspecified atom stereocenters. The topological polar surface area (TPSA) is 86.8 Å². The molecule has 2 amide bonds. The highest BCUT2D eigenvalue weighted by molar-refractivity contribution is 7.92. The third-order valence-electron chi connectivity index (χ3n) is 6.21. The summed E-state index contributed by atoms with van der Waals surface area (Å²) in [5.74, 6) is -1.40. The smallest absolute Gasteiger partial charge is 0.264 e. The predicted molar refractivity (Wildman–Crippen MR) is 147 cm³/mol. The third kappa shape index (κ3) is 6.98. The molecular weight excluding hydrogens is 505 g/mol. The number of halogens is 1. The number of sulfonamides is 1. The SMILES string of the molecule is CCNC(=O)[C@H](CC)N(Cc1ccc(C)cc1)C(=O)CN(c1ccc(F)cc1)S(=O)(=O)c1ccc(C)cc1. The van der Waals surface area contributed by atoms with E-state index in [2.05, 4.69) is 5.32 Å². The predicted octanol–water partition coefficient (Wildman–Crippen LogP) is 4.58. The normalized spacial score (nSPS) is 12.0. The van der Waals surface area contributed by atoms with E-state index in [4.69, 9.17) is 0 Å². The molecule has 0 bridgehead atoms. The molecule has 0 aliphatic rings. The van der Waals surface area contributed by atoms with Crippen LogP contribution in [0.5, 0.6) is 0 Å². The van der Waals surface area contributed by atoms with Crippen LogP contribution in [0.4, 0.5) is 10.1 Å². The van der Waals surface area contributed by atoms with E-state index in [9.17, 15) is 22.4 Å². The highest BCUT2D eigenvalue weighted by Gasteiger charge is 2.33. The van der Waals surface area contributed by atoms with Crippen molar-refractivity contribution in [3.05, 3.63) is 95.3 Å². The van der Waals surface area contributed by atoms with Crippen LogP contribution in [0.1, 0.15) is 37.0 Å². The molecule has 202 valence electrons. The van der Waals surface area contributed by atoms with Crippen LogP contribution in [0.2, 0.25) is 0 Å². The number of rotatable bonds is 11. The van der Waals surface area contributed by atoms with E-state index in [1.165, 1.54) is 29.2 Å². The monoisotopic (exact) mass is 539 g/mol. The summed E-state index contributed by atoms with van der Waals surface area (Å²) in [4.78, 5) is 28.2. The largest absolute Gasteiger partial charge is 0.355 e. The molecule has 9 heteroatoms. The standard InChI is InChI=1S/C29H34FN3O4S/c1-5-27(29(35)31-6-2)32(19-23-11-7-21(3)8-12-23)28(34)20-33(25-15-13-24(30)14-16-25)38(36,37)26-17-9-22(4)10-18-26/h7-18,27H,5-6,19-20H2,1-4H3,(H,31,35)/t27-/m0/s1. The second-order valence-electron chi connectivity index (χ2n) is 9.13. The Bertz CT molecular complexity index is 1340. The summed E-state index contributed by atoms with van der Waals surface area (Å²) in [6.45, 7) is 7.34. The van der Waals surface area contributed by atoms with Crippen molar-refractivity contribution in [1.29, 1.82) is 0 Å². The Balaban J connectivity index is 2.04. The lowest BCUT2D eigenvalue weighted by molar-refractivity contribution is -0.140. The van der Waals surface area contributed by atoms with Gasteiger partial charge in [0, 0.05) is 13.1 Å². The molecule has 0 spiro atoms. The van der Waals surface area contributed by atoms with Crippen LogP contribution < -0.4 is 9.62 Å². The number of carbonyl (C=O) groups is 2. The second kappa shape index (κ2) is 12.7. The molecule has 0 aliphatic carbocycles. The fourth-order valence-corrected chi connectivity index (χ4v) is 5.49. The number of nitrogens with zero attached hydrogens (tertiary/aromatic N) is 2. The number of aryl methyl sites for hydroxylation is 2. The lowest BCUT2D eigenvalue weighted by Crippen LogP contribution is -2.52. The summed E-state index contributed by atoms with van der Waals surface area (Å²) in [6, 6.07) is 18.0. The zero-order valence-corrected chi connectivity index (χ0v) is 23.0. The van der Waals surface area contributed by atoms with Gasteiger partial charge in [-0.2, -0.15) is 0 Å². The number of anilines is 1. The molecule has 0 aromatic heterocycles. The van der Waals surface area contributed by atoms with Crippen LogP contribution in [-0.4, -0.2) is 44.3 Å². The summed E-state index contributed by atoms with van der Waals surface area (Å²) in [6.07, 6.45) is 0.338. The lowest BCUT2D eigenvalue weighted by Gasteiger charge is -2.33. The van der Waals surface area contributed by atoms with Gasteiger partial charge < -0.3 is 10.2 Å². The summed E-state index contributed by atoms with van der Waals surface area (Å²) in [7, 11) is -4.19. The maximum atomic E-state index is 13.9. The summed E-state index contributed by atoms with van der Waals surface area (Å²) >= 11 is 0. The quantitative estimate of drug-likeness (QED) is 0.387. The average Bonchev–Trinajstić information content (AvgIpc) is 2.89. The van der Waals surface area contributed by atoms with Crippen molar-refractivity contribution >= 4 is 27.5 Å². The van der Waals surface area contributed by atoms with Crippen LogP contribution in [0.3, 0.4) is 0 Å². The van der Waals surface area contributed by atoms with Gasteiger partial charge in [-0.3, -0.25) is 13.9 Å². The van der Waals surface area contributed by atoms with Gasteiger partial charge in [0.2, 0.25) is 11.8 Å². The van der Waals surface area contributed by atoms with Gasteiger partial charge in [0.1, 0.15) is 18.4 Å². The first-order valence-corrected chi connectivity index (χ1v) is 14.0. The Morgan fingerprint density at radius 1 is 0.868 bits per heavy atom. The molecule has 3 aromatic rings. The van der Waals surface area contributed by atoms with Crippen LogP contribution in [0.15, 0.2) is 77.7 Å². The Kier molecular flexibility index (Phi) is 9.63. The molecule has 3 rings (SSSR count). The molecule has 1 N–H and O–H groups in total. The Labute approximate surface area is 224 Å². The summed E-state index contributed by atoms with van der Waals surface area (Å²) < 4.78 is 42.1. The molecule has 0 saturated heterocycles. The number of nitrogens with one attached hydrogen (secondary N) is 1. The zero-order chi connectivity index (χ0) is 27.9. The highest BCUT2D eigenvalue weighted by Crippen LogP contribution is 2.25. The lowest BCUT2D eigenvalue weighted by atomic mass is 10.1. The summed E-state index contributed by atoms with van der Waals surface area (Å²) in [5, 5.41) is 2.77. The number of amides is 2. The van der Waals surface area contributed by atoms with Crippen LogP contribution in [0.25, 0.3) is 0 Å². The molecule has 0 heterocycles. The molecule has 0 radical (unpaired) electrons. The minimum atomic E-state index is -4.19. The van der Waals surface area contributed by atoms with Crippen molar-refractivity contribution in [2.24, 2.45) is 0 Å². The van der Waals surface area contributed by atoms with E-state index >= 15 is 0 Å². The fraction of sp³-hybridized carbons (Fsp3) is 0.310. The molecule has 0 fully saturated rings. The van der Waals surface area contributed by atoms with E-state index < -0.39 is 34.3 Å². The molecule has 38 heavy (non-hydrogen) atoms. The van der Waals surface area contributed by atoms with E-state index in [1.807, 2.05) is 38.1 Å². The first-order chi connectivity index (χ1) is 18.1. The van der Waals surface area contributed by atoms with Gasteiger partial charge in [0.25, 0.3) is 10.0 Å². The van der Waals surface area contributed by atoms with E-state index in [0.29, 0.717) is 13.0 Å². The first kappa shape index (κ1) is 28.8. The van der Waals surface area contributed by atoms with Gasteiger partial charge in [-0.1, -0.05) is 54.4 Å². The molecule has 0 aliphatic heterocycles. The van der Waals surface area contributed by atoms with Crippen molar-refractivity contribution < 1.29 is 22.4 Å². The molecule has 0 saturated carbocycles.